The predicted octanol–water partition coefficient (Wildman–Crippen LogP) is 4.48. The first-order valence-electron chi connectivity index (χ1n) is 9.81. The predicted molar refractivity (Wildman–Crippen MR) is 112 cm³/mol. The van der Waals surface area contributed by atoms with Crippen LogP contribution in [0.1, 0.15) is 36.4 Å². The number of rotatable bonds is 6. The van der Waals surface area contributed by atoms with Gasteiger partial charge in [-0.05, 0) is 48.7 Å². The molecule has 0 aliphatic carbocycles. The van der Waals surface area contributed by atoms with Crippen molar-refractivity contribution in [2.24, 2.45) is 5.10 Å². The van der Waals surface area contributed by atoms with Crippen LogP contribution in [-0.4, -0.2) is 26.9 Å². The van der Waals surface area contributed by atoms with Crippen LogP contribution in [0.15, 0.2) is 59.8 Å². The Morgan fingerprint density at radius 2 is 2.00 bits per heavy atom. The van der Waals surface area contributed by atoms with Crippen LogP contribution in [0.4, 0.5) is 8.78 Å². The first-order chi connectivity index (χ1) is 15.0. The first kappa shape index (κ1) is 20.4. The molecule has 0 saturated heterocycles. The molecular weight excluding hydrogens is 400 g/mol. The molecule has 0 fully saturated rings. The molecule has 4 rings (SSSR count). The van der Waals surface area contributed by atoms with Gasteiger partial charge in [0.2, 0.25) is 0 Å². The van der Waals surface area contributed by atoms with Crippen molar-refractivity contribution in [2.45, 2.75) is 31.8 Å². The van der Waals surface area contributed by atoms with E-state index in [1.54, 1.807) is 24.5 Å². The fraction of sp³-hybridized carbons (Fsp3) is 0.217. The lowest BCUT2D eigenvalue weighted by molar-refractivity contribution is -0.129. The third kappa shape index (κ3) is 4.21. The van der Waals surface area contributed by atoms with Gasteiger partial charge in [-0.15, -0.1) is 0 Å². The fourth-order valence-electron chi connectivity index (χ4n) is 3.70. The first-order valence-corrected chi connectivity index (χ1v) is 9.81. The number of halogens is 2. The molecule has 8 heteroatoms. The number of aromatic nitrogens is 2. The fourth-order valence-corrected chi connectivity index (χ4v) is 3.70. The summed E-state index contributed by atoms with van der Waals surface area (Å²) in [6, 6.07) is 10.1. The number of hydrazone groups is 1. The second-order valence-corrected chi connectivity index (χ2v) is 7.36. The van der Waals surface area contributed by atoms with Gasteiger partial charge in [0, 0.05) is 36.2 Å². The normalized spacial score (nSPS) is 15.4. The zero-order valence-electron chi connectivity index (χ0n) is 16.6. The summed E-state index contributed by atoms with van der Waals surface area (Å²) in [6.07, 6.45) is 4.69. The van der Waals surface area contributed by atoms with Gasteiger partial charge in [0.25, 0.3) is 5.91 Å². The molecular formula is C23H19F2N5O. The Morgan fingerprint density at radius 3 is 2.74 bits per heavy atom. The minimum atomic E-state index is -0.693. The number of carbonyl (C=O) groups excluding carboxylic acids is 1. The van der Waals surface area contributed by atoms with Crippen molar-refractivity contribution >= 4 is 23.0 Å². The Balaban J connectivity index is 1.39. The molecule has 0 bridgehead atoms. The number of carbonyl (C=O) groups is 1. The molecule has 0 N–H and O–H groups in total. The lowest BCUT2D eigenvalue weighted by Gasteiger charge is -2.23. The second-order valence-electron chi connectivity index (χ2n) is 7.36. The van der Waals surface area contributed by atoms with Gasteiger partial charge in [-0.25, -0.2) is 13.8 Å². The molecule has 1 unspecified atom stereocenters. The molecule has 1 aliphatic rings. The number of aryl methyl sites for hydroxylation is 1. The van der Waals surface area contributed by atoms with Crippen LogP contribution >= 0.6 is 0 Å². The topological polar surface area (TPSA) is 74.3 Å². The highest BCUT2D eigenvalue weighted by molar-refractivity contribution is 5.94. The van der Waals surface area contributed by atoms with Crippen LogP contribution in [0.25, 0.3) is 10.9 Å². The molecule has 31 heavy (non-hydrogen) atoms. The van der Waals surface area contributed by atoms with Crippen LogP contribution in [0.3, 0.4) is 0 Å². The van der Waals surface area contributed by atoms with E-state index in [0.717, 1.165) is 17.0 Å². The van der Waals surface area contributed by atoms with Crippen molar-refractivity contribution in [3.05, 3.63) is 77.5 Å². The number of hydrogen-bond acceptors (Lipinski definition) is 4. The summed E-state index contributed by atoms with van der Waals surface area (Å²) >= 11 is 0. The van der Waals surface area contributed by atoms with Crippen molar-refractivity contribution in [1.82, 2.24) is 14.8 Å². The average Bonchev–Trinajstić information content (AvgIpc) is 3.39. The van der Waals surface area contributed by atoms with Gasteiger partial charge < -0.3 is 0 Å². The van der Waals surface area contributed by atoms with Gasteiger partial charge in [-0.1, -0.05) is 6.58 Å². The SMILES string of the molecule is C=C(CCCn1ncc2cc(C#N)ccc21)C(=O)N1N=CCC1c1cc(F)cc(F)c1. The zero-order chi connectivity index (χ0) is 22.0. The van der Waals surface area contributed by atoms with E-state index in [1.807, 2.05) is 10.7 Å². The summed E-state index contributed by atoms with van der Waals surface area (Å²) in [5, 5.41) is 19.6. The summed E-state index contributed by atoms with van der Waals surface area (Å²) in [7, 11) is 0. The highest BCUT2D eigenvalue weighted by Gasteiger charge is 2.30. The second kappa shape index (κ2) is 8.48. The molecule has 1 aromatic heterocycles. The monoisotopic (exact) mass is 419 g/mol. The van der Waals surface area contributed by atoms with Crippen molar-refractivity contribution in [3.63, 3.8) is 0 Å². The smallest absolute Gasteiger partial charge is 0.268 e. The third-order valence-corrected chi connectivity index (χ3v) is 5.23. The largest absolute Gasteiger partial charge is 0.269 e. The Bertz CT molecular complexity index is 1220. The van der Waals surface area contributed by atoms with E-state index in [4.69, 9.17) is 5.26 Å². The summed E-state index contributed by atoms with van der Waals surface area (Å²) < 4.78 is 29.0. The lowest BCUT2D eigenvalue weighted by Crippen LogP contribution is -2.28. The van der Waals surface area contributed by atoms with E-state index >= 15 is 0 Å². The Kier molecular flexibility index (Phi) is 5.58. The minimum absolute atomic E-state index is 0.357. The molecule has 0 saturated carbocycles. The van der Waals surface area contributed by atoms with Crippen molar-refractivity contribution < 1.29 is 13.6 Å². The van der Waals surface area contributed by atoms with Crippen molar-refractivity contribution in [3.8, 4) is 6.07 Å². The number of amides is 1. The van der Waals surface area contributed by atoms with Gasteiger partial charge in [-0.2, -0.15) is 15.5 Å². The van der Waals surface area contributed by atoms with Crippen LogP contribution in [0, 0.1) is 23.0 Å². The van der Waals surface area contributed by atoms with Gasteiger partial charge >= 0.3 is 0 Å². The molecule has 0 spiro atoms. The van der Waals surface area contributed by atoms with Crippen LogP contribution in [0.5, 0.6) is 0 Å². The minimum Gasteiger partial charge on any atom is -0.268 e. The molecule has 156 valence electrons. The number of fused-ring (bicyclic) bond motifs is 1. The maximum Gasteiger partial charge on any atom is 0.269 e. The molecule has 1 atom stereocenters. The molecule has 2 heterocycles. The number of nitrogens with zero attached hydrogens (tertiary/aromatic N) is 5. The highest BCUT2D eigenvalue weighted by Crippen LogP contribution is 2.31. The van der Waals surface area contributed by atoms with E-state index < -0.39 is 17.7 Å². The number of hydrogen-bond donors (Lipinski definition) is 0. The maximum absolute atomic E-state index is 13.6. The van der Waals surface area contributed by atoms with E-state index in [1.165, 1.54) is 17.1 Å². The highest BCUT2D eigenvalue weighted by atomic mass is 19.1. The van der Waals surface area contributed by atoms with Crippen LogP contribution in [0.2, 0.25) is 0 Å². The standard InChI is InChI=1S/C23H19F2N5O/c1-15(3-2-8-29-21-5-4-16(13-26)9-18(21)14-28-29)23(31)30-22(6-7-27-30)17-10-19(24)12-20(25)11-17/h4-5,7,9-12,14,22H,1-3,6,8H2. The van der Waals surface area contributed by atoms with Gasteiger partial charge in [0.1, 0.15) is 11.6 Å². The van der Waals surface area contributed by atoms with Gasteiger partial charge in [-0.3, -0.25) is 9.48 Å². The van der Waals surface area contributed by atoms with E-state index in [9.17, 15) is 13.6 Å². The third-order valence-electron chi connectivity index (χ3n) is 5.23. The Hall–Kier alpha value is -3.86. The summed E-state index contributed by atoms with van der Waals surface area (Å²) in [5.41, 5.74) is 2.21. The van der Waals surface area contributed by atoms with Crippen molar-refractivity contribution in [2.75, 3.05) is 0 Å². The van der Waals surface area contributed by atoms with Crippen LogP contribution in [-0.2, 0) is 11.3 Å². The van der Waals surface area contributed by atoms with E-state index in [0.29, 0.717) is 42.5 Å². The van der Waals surface area contributed by atoms with Crippen LogP contribution < -0.4 is 0 Å². The molecule has 6 nitrogen and oxygen atoms in total. The summed E-state index contributed by atoms with van der Waals surface area (Å²) in [5.74, 6) is -1.75. The lowest BCUT2D eigenvalue weighted by atomic mass is 10.0. The quantitative estimate of drug-likeness (QED) is 0.553. The number of nitriles is 1. The van der Waals surface area contributed by atoms with E-state index in [-0.39, 0.29) is 5.91 Å². The van der Waals surface area contributed by atoms with Gasteiger partial charge in [0.05, 0.1) is 29.4 Å². The molecule has 0 radical (unpaired) electrons. The van der Waals surface area contributed by atoms with E-state index in [2.05, 4.69) is 22.8 Å². The van der Waals surface area contributed by atoms with Crippen molar-refractivity contribution in [1.29, 1.82) is 5.26 Å². The summed E-state index contributed by atoms with van der Waals surface area (Å²) in [6.45, 7) is 4.46. The molecule has 3 aromatic rings. The number of benzene rings is 2. The molecule has 2 aromatic carbocycles. The maximum atomic E-state index is 13.6. The Labute approximate surface area is 177 Å². The molecule has 1 aliphatic heterocycles. The average molecular weight is 419 g/mol. The molecule has 1 amide bonds. The van der Waals surface area contributed by atoms with Gasteiger partial charge in [0.15, 0.2) is 0 Å². The summed E-state index contributed by atoms with van der Waals surface area (Å²) in [4.78, 5) is 12.8. The Morgan fingerprint density at radius 1 is 1.23 bits per heavy atom. The zero-order valence-corrected chi connectivity index (χ0v) is 16.6.